The molecule has 1 aromatic carbocycles. The largest absolute Gasteiger partial charge is 0.495 e. The number of nitrogens with one attached hydrogen (secondary N) is 1. The normalized spacial score (nSPS) is 10.1. The van der Waals surface area contributed by atoms with Gasteiger partial charge in [-0.3, -0.25) is 4.79 Å². The number of ketones is 1. The topological polar surface area (TPSA) is 38.3 Å². The van der Waals surface area contributed by atoms with Crippen LogP contribution < -0.4 is 10.1 Å². The molecular formula is C10H11BrFNO2. The van der Waals surface area contributed by atoms with Crippen LogP contribution in [0.4, 0.5) is 4.39 Å². The molecule has 0 aliphatic rings. The van der Waals surface area contributed by atoms with Crippen LogP contribution in [0.1, 0.15) is 10.4 Å². The molecular weight excluding hydrogens is 265 g/mol. The Morgan fingerprint density at radius 3 is 2.80 bits per heavy atom. The van der Waals surface area contributed by atoms with Gasteiger partial charge in [0.25, 0.3) is 0 Å². The molecule has 0 radical (unpaired) electrons. The first-order chi connectivity index (χ1) is 7.10. The Hall–Kier alpha value is -0.940. The number of Topliss-reactive ketones (excluding diaryl/α,β-unsaturated/α-hetero) is 1. The lowest BCUT2D eigenvalue weighted by Crippen LogP contribution is -2.19. The Labute approximate surface area is 95.7 Å². The highest BCUT2D eigenvalue weighted by atomic mass is 79.9. The van der Waals surface area contributed by atoms with Gasteiger partial charge in [-0.1, -0.05) is 0 Å². The molecule has 0 bridgehead atoms. The highest BCUT2D eigenvalue weighted by Crippen LogP contribution is 2.27. The predicted octanol–water partition coefficient (Wildman–Crippen LogP) is 2.00. The SMILES string of the molecule is CNCC(=O)c1cc(Br)c(OC)cc1F. The summed E-state index contributed by atoms with van der Waals surface area (Å²) in [6, 6.07) is 2.61. The summed E-state index contributed by atoms with van der Waals surface area (Å²) in [4.78, 5) is 11.5. The molecule has 5 heteroatoms. The average molecular weight is 276 g/mol. The van der Waals surface area contributed by atoms with Gasteiger partial charge in [0.1, 0.15) is 11.6 Å². The molecule has 1 N–H and O–H groups in total. The van der Waals surface area contributed by atoms with Gasteiger partial charge in [-0.2, -0.15) is 0 Å². The van der Waals surface area contributed by atoms with Crippen molar-refractivity contribution < 1.29 is 13.9 Å². The molecule has 0 aliphatic heterocycles. The molecule has 3 nitrogen and oxygen atoms in total. The lowest BCUT2D eigenvalue weighted by molar-refractivity contribution is 0.0989. The third kappa shape index (κ3) is 2.76. The summed E-state index contributed by atoms with van der Waals surface area (Å²) in [6.07, 6.45) is 0. The zero-order valence-corrected chi connectivity index (χ0v) is 10.0. The summed E-state index contributed by atoms with van der Waals surface area (Å²) in [6.45, 7) is 0.107. The minimum atomic E-state index is -0.574. The second-order valence-electron chi connectivity index (χ2n) is 2.92. The number of hydrogen-bond acceptors (Lipinski definition) is 3. The van der Waals surface area contributed by atoms with E-state index in [1.807, 2.05) is 0 Å². The fourth-order valence-electron chi connectivity index (χ4n) is 1.15. The Kier molecular flexibility index (Phi) is 4.23. The molecule has 0 aliphatic carbocycles. The molecule has 0 aromatic heterocycles. The number of hydrogen-bond donors (Lipinski definition) is 1. The van der Waals surface area contributed by atoms with Crippen molar-refractivity contribution in [3.05, 3.63) is 28.0 Å². The van der Waals surface area contributed by atoms with E-state index in [1.165, 1.54) is 19.2 Å². The number of benzene rings is 1. The quantitative estimate of drug-likeness (QED) is 0.855. The lowest BCUT2D eigenvalue weighted by Gasteiger charge is -2.07. The fraction of sp³-hybridized carbons (Fsp3) is 0.300. The predicted molar refractivity (Wildman–Crippen MR) is 58.9 cm³/mol. The fourth-order valence-corrected chi connectivity index (χ4v) is 1.66. The van der Waals surface area contributed by atoms with Gasteiger partial charge in [-0.05, 0) is 29.0 Å². The smallest absolute Gasteiger partial charge is 0.179 e. The van der Waals surface area contributed by atoms with Crippen LogP contribution in [0.25, 0.3) is 0 Å². The van der Waals surface area contributed by atoms with E-state index < -0.39 is 5.82 Å². The maximum atomic E-state index is 13.4. The van der Waals surface area contributed by atoms with Crippen LogP contribution in [-0.4, -0.2) is 26.5 Å². The molecule has 1 aromatic rings. The first-order valence-corrected chi connectivity index (χ1v) is 5.10. The van der Waals surface area contributed by atoms with Crippen molar-refractivity contribution in [2.75, 3.05) is 20.7 Å². The maximum Gasteiger partial charge on any atom is 0.179 e. The first-order valence-electron chi connectivity index (χ1n) is 4.31. The summed E-state index contributed by atoms with van der Waals surface area (Å²) in [5, 5.41) is 2.68. The Bertz CT molecular complexity index is 382. The number of carbonyl (C=O) groups excluding carboxylic acids is 1. The van der Waals surface area contributed by atoms with Gasteiger partial charge in [0.05, 0.1) is 23.7 Å². The highest BCUT2D eigenvalue weighted by Gasteiger charge is 2.14. The molecule has 0 saturated carbocycles. The van der Waals surface area contributed by atoms with Crippen molar-refractivity contribution in [3.63, 3.8) is 0 Å². The van der Waals surface area contributed by atoms with Crippen LogP contribution in [-0.2, 0) is 0 Å². The monoisotopic (exact) mass is 275 g/mol. The van der Waals surface area contributed by atoms with Gasteiger partial charge < -0.3 is 10.1 Å². The zero-order valence-electron chi connectivity index (χ0n) is 8.43. The Balaban J connectivity index is 3.10. The Morgan fingerprint density at radius 1 is 1.60 bits per heavy atom. The number of ether oxygens (including phenoxy) is 1. The molecule has 0 heterocycles. The summed E-state index contributed by atoms with van der Waals surface area (Å²) < 4.78 is 18.9. The minimum Gasteiger partial charge on any atom is -0.495 e. The molecule has 0 unspecified atom stereocenters. The van der Waals surface area contributed by atoms with Crippen LogP contribution in [0.5, 0.6) is 5.75 Å². The van der Waals surface area contributed by atoms with E-state index in [0.717, 1.165) is 0 Å². The van der Waals surface area contributed by atoms with Crippen molar-refractivity contribution in [2.24, 2.45) is 0 Å². The standard InChI is InChI=1S/C10H11BrFNO2/c1-13-5-9(14)6-3-7(11)10(15-2)4-8(6)12/h3-4,13H,5H2,1-2H3. The number of rotatable bonds is 4. The van der Waals surface area contributed by atoms with Crippen molar-refractivity contribution in [1.82, 2.24) is 5.32 Å². The van der Waals surface area contributed by atoms with Crippen LogP contribution in [0, 0.1) is 5.82 Å². The molecule has 1 rings (SSSR count). The first kappa shape index (κ1) is 12.1. The van der Waals surface area contributed by atoms with E-state index in [1.54, 1.807) is 7.05 Å². The Morgan fingerprint density at radius 2 is 2.27 bits per heavy atom. The second-order valence-corrected chi connectivity index (χ2v) is 3.77. The average Bonchev–Trinajstić information content (AvgIpc) is 2.21. The van der Waals surface area contributed by atoms with Gasteiger partial charge >= 0.3 is 0 Å². The minimum absolute atomic E-state index is 0.0528. The van der Waals surface area contributed by atoms with E-state index in [-0.39, 0.29) is 17.9 Å². The molecule has 0 saturated heterocycles. The molecule has 0 amide bonds. The van der Waals surface area contributed by atoms with Crippen molar-refractivity contribution in [2.45, 2.75) is 0 Å². The molecule has 15 heavy (non-hydrogen) atoms. The number of halogens is 2. The summed E-state index contributed by atoms with van der Waals surface area (Å²) in [5.41, 5.74) is 0.0528. The number of carbonyl (C=O) groups is 1. The van der Waals surface area contributed by atoms with Crippen molar-refractivity contribution in [3.8, 4) is 5.75 Å². The van der Waals surface area contributed by atoms with Gasteiger partial charge in [0, 0.05) is 6.07 Å². The van der Waals surface area contributed by atoms with Gasteiger partial charge in [-0.25, -0.2) is 4.39 Å². The van der Waals surface area contributed by atoms with E-state index in [9.17, 15) is 9.18 Å². The van der Waals surface area contributed by atoms with Gasteiger partial charge in [0.15, 0.2) is 5.78 Å². The van der Waals surface area contributed by atoms with Crippen molar-refractivity contribution in [1.29, 1.82) is 0 Å². The summed E-state index contributed by atoms with van der Waals surface area (Å²) >= 11 is 3.20. The lowest BCUT2D eigenvalue weighted by atomic mass is 10.1. The van der Waals surface area contributed by atoms with E-state index >= 15 is 0 Å². The van der Waals surface area contributed by atoms with Crippen LogP contribution in [0.2, 0.25) is 0 Å². The third-order valence-corrected chi connectivity index (χ3v) is 2.50. The maximum absolute atomic E-state index is 13.4. The van der Waals surface area contributed by atoms with Gasteiger partial charge in [-0.15, -0.1) is 0 Å². The van der Waals surface area contributed by atoms with Crippen LogP contribution in [0.3, 0.4) is 0 Å². The van der Waals surface area contributed by atoms with E-state index in [0.29, 0.717) is 10.2 Å². The third-order valence-electron chi connectivity index (χ3n) is 1.88. The van der Waals surface area contributed by atoms with E-state index in [4.69, 9.17) is 4.74 Å². The van der Waals surface area contributed by atoms with Gasteiger partial charge in [0.2, 0.25) is 0 Å². The molecule has 0 fully saturated rings. The summed E-state index contributed by atoms with van der Waals surface area (Å²) in [5.74, 6) is -0.498. The highest BCUT2D eigenvalue weighted by molar-refractivity contribution is 9.10. The van der Waals surface area contributed by atoms with Crippen molar-refractivity contribution >= 4 is 21.7 Å². The summed E-state index contributed by atoms with van der Waals surface area (Å²) in [7, 11) is 3.07. The second kappa shape index (κ2) is 5.23. The molecule has 82 valence electrons. The van der Waals surface area contributed by atoms with Crippen LogP contribution >= 0.6 is 15.9 Å². The molecule has 0 spiro atoms. The van der Waals surface area contributed by atoms with Crippen LogP contribution in [0.15, 0.2) is 16.6 Å². The number of likely N-dealkylation sites (N-methyl/N-ethyl adjacent to an activating group) is 1. The zero-order chi connectivity index (χ0) is 11.4. The number of methoxy groups -OCH3 is 1. The molecule has 0 atom stereocenters. The van der Waals surface area contributed by atoms with E-state index in [2.05, 4.69) is 21.2 Å².